The second kappa shape index (κ2) is 7.73. The zero-order valence-corrected chi connectivity index (χ0v) is 13.1. The molecule has 4 heteroatoms. The molecule has 2 unspecified atom stereocenters. The molecule has 19 heavy (non-hydrogen) atoms. The number of nitrogens with zero attached hydrogens (tertiary/aromatic N) is 1. The predicted molar refractivity (Wildman–Crippen MR) is 81.9 cm³/mol. The summed E-state index contributed by atoms with van der Waals surface area (Å²) >= 11 is 6.35. The quantitative estimate of drug-likeness (QED) is 0.833. The summed E-state index contributed by atoms with van der Waals surface area (Å²) in [6.45, 7) is 4.93. The summed E-state index contributed by atoms with van der Waals surface area (Å²) < 4.78 is 5.43. The highest BCUT2D eigenvalue weighted by atomic mass is 35.5. The minimum atomic E-state index is 0.0743. The topological polar surface area (TPSA) is 38.5 Å². The molecule has 0 bridgehead atoms. The standard InChI is InChI=1S/C15H25ClN2O/c1-5-7-11(2)18(3)13(10-17)15-12(16)8-6-9-14(15)19-4/h6,8-9,11,13H,5,7,10,17H2,1-4H3. The largest absolute Gasteiger partial charge is 0.496 e. The second-order valence-corrected chi connectivity index (χ2v) is 5.32. The van der Waals surface area contributed by atoms with Gasteiger partial charge in [-0.25, -0.2) is 0 Å². The highest BCUT2D eigenvalue weighted by Gasteiger charge is 2.24. The normalized spacial score (nSPS) is 14.5. The van der Waals surface area contributed by atoms with Crippen molar-refractivity contribution in [2.45, 2.75) is 38.8 Å². The van der Waals surface area contributed by atoms with Crippen LogP contribution in [0.1, 0.15) is 38.3 Å². The van der Waals surface area contributed by atoms with Gasteiger partial charge in [-0.3, -0.25) is 4.90 Å². The number of methoxy groups -OCH3 is 1. The molecule has 1 rings (SSSR count). The van der Waals surface area contributed by atoms with Crippen molar-refractivity contribution in [1.29, 1.82) is 0 Å². The second-order valence-electron chi connectivity index (χ2n) is 4.91. The zero-order valence-electron chi connectivity index (χ0n) is 12.3. The van der Waals surface area contributed by atoms with E-state index in [-0.39, 0.29) is 6.04 Å². The Bertz CT molecular complexity index is 398. The zero-order chi connectivity index (χ0) is 14.4. The lowest BCUT2D eigenvalue weighted by Gasteiger charge is -2.33. The Labute approximate surface area is 121 Å². The molecule has 1 aromatic carbocycles. The van der Waals surface area contributed by atoms with Crippen LogP contribution in [0.25, 0.3) is 0 Å². The first-order valence-corrected chi connectivity index (χ1v) is 7.18. The van der Waals surface area contributed by atoms with Gasteiger partial charge in [0.15, 0.2) is 0 Å². The lowest BCUT2D eigenvalue weighted by molar-refractivity contribution is 0.177. The Morgan fingerprint density at radius 2 is 2.11 bits per heavy atom. The molecule has 1 aromatic rings. The number of rotatable bonds is 7. The van der Waals surface area contributed by atoms with Crippen molar-refractivity contribution in [2.75, 3.05) is 20.7 Å². The van der Waals surface area contributed by atoms with Crippen molar-refractivity contribution in [3.05, 3.63) is 28.8 Å². The van der Waals surface area contributed by atoms with Crippen LogP contribution in [-0.4, -0.2) is 31.6 Å². The van der Waals surface area contributed by atoms with E-state index in [1.54, 1.807) is 7.11 Å². The van der Waals surface area contributed by atoms with Crippen LogP contribution in [0.3, 0.4) is 0 Å². The Morgan fingerprint density at radius 1 is 1.42 bits per heavy atom. The molecular weight excluding hydrogens is 260 g/mol. The van der Waals surface area contributed by atoms with Gasteiger partial charge in [-0.15, -0.1) is 0 Å². The molecule has 2 atom stereocenters. The minimum absolute atomic E-state index is 0.0743. The molecular formula is C15H25ClN2O. The van der Waals surface area contributed by atoms with Crippen LogP contribution in [0.15, 0.2) is 18.2 Å². The SMILES string of the molecule is CCCC(C)N(C)C(CN)c1c(Cl)cccc1OC. The van der Waals surface area contributed by atoms with Gasteiger partial charge in [0.2, 0.25) is 0 Å². The number of hydrogen-bond acceptors (Lipinski definition) is 3. The molecule has 0 aliphatic carbocycles. The van der Waals surface area contributed by atoms with E-state index in [0.717, 1.165) is 24.2 Å². The first-order valence-electron chi connectivity index (χ1n) is 6.81. The van der Waals surface area contributed by atoms with E-state index in [0.29, 0.717) is 17.6 Å². The van der Waals surface area contributed by atoms with Crippen LogP contribution in [0.4, 0.5) is 0 Å². The van der Waals surface area contributed by atoms with E-state index in [9.17, 15) is 0 Å². The third kappa shape index (κ3) is 3.85. The number of ether oxygens (including phenoxy) is 1. The molecule has 0 aliphatic rings. The van der Waals surface area contributed by atoms with Gasteiger partial charge in [0, 0.05) is 23.2 Å². The fourth-order valence-corrected chi connectivity index (χ4v) is 2.73. The van der Waals surface area contributed by atoms with Gasteiger partial charge in [-0.1, -0.05) is 31.0 Å². The average Bonchev–Trinajstić information content (AvgIpc) is 2.41. The Balaban J connectivity index is 3.09. The van der Waals surface area contributed by atoms with Gasteiger partial charge in [0.05, 0.1) is 13.2 Å². The predicted octanol–water partition coefficient (Wildman–Crippen LogP) is 3.47. The van der Waals surface area contributed by atoms with E-state index < -0.39 is 0 Å². The van der Waals surface area contributed by atoms with Crippen LogP contribution in [0, 0.1) is 0 Å². The van der Waals surface area contributed by atoms with E-state index in [4.69, 9.17) is 22.1 Å². The number of halogens is 1. The molecule has 3 nitrogen and oxygen atoms in total. The summed E-state index contributed by atoms with van der Waals surface area (Å²) in [6, 6.07) is 6.25. The first-order chi connectivity index (χ1) is 9.06. The molecule has 0 aliphatic heterocycles. The highest BCUT2D eigenvalue weighted by Crippen LogP contribution is 2.35. The fraction of sp³-hybridized carbons (Fsp3) is 0.600. The van der Waals surface area contributed by atoms with Gasteiger partial charge in [-0.05, 0) is 32.5 Å². The van der Waals surface area contributed by atoms with Crippen molar-refractivity contribution in [3.8, 4) is 5.75 Å². The molecule has 2 N–H and O–H groups in total. The third-order valence-corrected chi connectivity index (χ3v) is 4.01. The van der Waals surface area contributed by atoms with E-state index >= 15 is 0 Å². The smallest absolute Gasteiger partial charge is 0.125 e. The number of likely N-dealkylation sites (N-methyl/N-ethyl adjacent to an activating group) is 1. The lowest BCUT2D eigenvalue weighted by Crippen LogP contribution is -2.37. The molecule has 0 saturated heterocycles. The summed E-state index contributed by atoms with van der Waals surface area (Å²) in [5, 5.41) is 0.713. The maximum Gasteiger partial charge on any atom is 0.125 e. The van der Waals surface area contributed by atoms with E-state index in [1.165, 1.54) is 0 Å². The summed E-state index contributed by atoms with van der Waals surface area (Å²) in [5.41, 5.74) is 6.96. The monoisotopic (exact) mass is 284 g/mol. The van der Waals surface area contributed by atoms with Gasteiger partial charge in [0.25, 0.3) is 0 Å². The van der Waals surface area contributed by atoms with E-state index in [1.807, 2.05) is 18.2 Å². The van der Waals surface area contributed by atoms with Gasteiger partial charge in [0.1, 0.15) is 5.75 Å². The maximum absolute atomic E-state index is 6.35. The molecule has 0 saturated carbocycles. The van der Waals surface area contributed by atoms with E-state index in [2.05, 4.69) is 25.8 Å². The number of hydrogen-bond donors (Lipinski definition) is 1. The van der Waals surface area contributed by atoms with Gasteiger partial charge in [-0.2, -0.15) is 0 Å². The van der Waals surface area contributed by atoms with Crippen LogP contribution in [-0.2, 0) is 0 Å². The molecule has 0 amide bonds. The van der Waals surface area contributed by atoms with Crippen molar-refractivity contribution in [2.24, 2.45) is 5.73 Å². The summed E-state index contributed by atoms with van der Waals surface area (Å²) in [4.78, 5) is 2.28. The Kier molecular flexibility index (Phi) is 6.63. The minimum Gasteiger partial charge on any atom is -0.496 e. The molecule has 0 heterocycles. The van der Waals surface area contributed by atoms with Crippen LogP contribution in [0.2, 0.25) is 5.02 Å². The third-order valence-electron chi connectivity index (χ3n) is 3.68. The number of benzene rings is 1. The maximum atomic E-state index is 6.35. The van der Waals surface area contributed by atoms with Crippen molar-refractivity contribution < 1.29 is 4.74 Å². The molecule has 108 valence electrons. The van der Waals surface area contributed by atoms with Crippen LogP contribution in [0.5, 0.6) is 5.75 Å². The number of nitrogens with two attached hydrogens (primary N) is 1. The fourth-order valence-electron chi connectivity index (χ4n) is 2.43. The van der Waals surface area contributed by atoms with Crippen molar-refractivity contribution in [3.63, 3.8) is 0 Å². The Hall–Kier alpha value is -0.770. The average molecular weight is 285 g/mol. The summed E-state index contributed by atoms with van der Waals surface area (Å²) in [7, 11) is 3.76. The van der Waals surface area contributed by atoms with Crippen molar-refractivity contribution in [1.82, 2.24) is 4.90 Å². The van der Waals surface area contributed by atoms with Crippen LogP contribution < -0.4 is 10.5 Å². The summed E-state index contributed by atoms with van der Waals surface area (Å²) in [5.74, 6) is 0.804. The lowest BCUT2D eigenvalue weighted by atomic mass is 10.0. The Morgan fingerprint density at radius 3 is 2.63 bits per heavy atom. The summed E-state index contributed by atoms with van der Waals surface area (Å²) in [6.07, 6.45) is 2.29. The van der Waals surface area contributed by atoms with Gasteiger partial charge < -0.3 is 10.5 Å². The molecule has 0 spiro atoms. The molecule has 0 radical (unpaired) electrons. The highest BCUT2D eigenvalue weighted by molar-refractivity contribution is 6.31. The molecule has 0 aromatic heterocycles. The van der Waals surface area contributed by atoms with Crippen molar-refractivity contribution >= 4 is 11.6 Å². The van der Waals surface area contributed by atoms with Crippen LogP contribution >= 0.6 is 11.6 Å². The molecule has 0 fully saturated rings. The van der Waals surface area contributed by atoms with Gasteiger partial charge >= 0.3 is 0 Å². The first kappa shape index (κ1) is 16.3.